The summed E-state index contributed by atoms with van der Waals surface area (Å²) in [4.78, 5) is 25.8. The molecule has 10 nitrogen and oxygen atoms in total. The van der Waals surface area contributed by atoms with Crippen molar-refractivity contribution < 1.29 is 24.5 Å². The maximum atomic E-state index is 12.8. The number of aliphatic hydroxyl groups excluding tert-OH is 2. The Balaban J connectivity index is 1.18. The Morgan fingerprint density at radius 3 is 1.87 bits per heavy atom. The van der Waals surface area contributed by atoms with Gasteiger partial charge in [-0.1, -0.05) is 109 Å². The lowest BCUT2D eigenvalue weighted by molar-refractivity contribution is -0.0942. The van der Waals surface area contributed by atoms with Gasteiger partial charge in [0.25, 0.3) is 5.91 Å². The summed E-state index contributed by atoms with van der Waals surface area (Å²) in [6, 6.07) is 38.4. The predicted octanol–water partition coefficient (Wildman–Crippen LogP) is 4.71. The fraction of sp³-hybridized carbons (Fsp3) is 0.167. The van der Waals surface area contributed by atoms with Crippen LogP contribution in [0.3, 0.4) is 0 Å². The molecule has 0 radical (unpaired) electrons. The highest BCUT2D eigenvalue weighted by Gasteiger charge is 2.47. The van der Waals surface area contributed by atoms with Gasteiger partial charge < -0.3 is 25.0 Å². The van der Waals surface area contributed by atoms with Crippen LogP contribution in [0.25, 0.3) is 11.2 Å². The fourth-order valence-corrected chi connectivity index (χ4v) is 5.97. The van der Waals surface area contributed by atoms with Crippen LogP contribution < -0.4 is 5.32 Å². The number of aromatic nitrogens is 4. The monoisotopic (exact) mass is 613 g/mol. The molecular formula is C36H31N5O5. The average molecular weight is 614 g/mol. The number of carbonyl (C=O) groups excluding carboxylic acids is 1. The van der Waals surface area contributed by atoms with Crippen molar-refractivity contribution in [1.29, 1.82) is 0 Å². The Morgan fingerprint density at radius 2 is 1.30 bits per heavy atom. The molecule has 0 bridgehead atoms. The van der Waals surface area contributed by atoms with E-state index in [-0.39, 0.29) is 18.3 Å². The molecule has 46 heavy (non-hydrogen) atoms. The van der Waals surface area contributed by atoms with Crippen LogP contribution in [-0.4, -0.2) is 60.6 Å². The number of hydrogen-bond donors (Lipinski definition) is 3. The van der Waals surface area contributed by atoms with E-state index in [9.17, 15) is 15.0 Å². The number of ether oxygens (including phenoxy) is 2. The van der Waals surface area contributed by atoms with Crippen LogP contribution in [0.15, 0.2) is 134 Å². The van der Waals surface area contributed by atoms with Crippen LogP contribution >= 0.6 is 0 Å². The molecular weight excluding hydrogens is 582 g/mol. The molecule has 4 aromatic carbocycles. The number of amides is 1. The zero-order chi connectivity index (χ0) is 31.5. The molecule has 1 saturated heterocycles. The van der Waals surface area contributed by atoms with Crippen LogP contribution in [0.4, 0.5) is 5.82 Å². The summed E-state index contributed by atoms with van der Waals surface area (Å²) < 4.78 is 14.7. The van der Waals surface area contributed by atoms with Crippen LogP contribution in [0.5, 0.6) is 0 Å². The molecule has 1 amide bonds. The first kappa shape index (κ1) is 29.5. The first-order valence-electron chi connectivity index (χ1n) is 14.9. The molecule has 1 aliphatic rings. The number of nitrogens with one attached hydrogen (secondary N) is 1. The van der Waals surface area contributed by atoms with Crippen LogP contribution in [0.2, 0.25) is 0 Å². The van der Waals surface area contributed by atoms with Crippen molar-refractivity contribution >= 4 is 22.9 Å². The number of aliphatic hydroxyl groups is 2. The maximum Gasteiger partial charge on any atom is 0.256 e. The number of carbonyl (C=O) groups is 1. The number of imidazole rings is 1. The Kier molecular flexibility index (Phi) is 8.08. The van der Waals surface area contributed by atoms with Gasteiger partial charge in [0.05, 0.1) is 12.9 Å². The van der Waals surface area contributed by atoms with E-state index in [2.05, 4.69) is 20.3 Å². The van der Waals surface area contributed by atoms with E-state index >= 15 is 0 Å². The Hall–Kier alpha value is -5.26. The molecule has 2 aromatic heterocycles. The summed E-state index contributed by atoms with van der Waals surface area (Å²) in [6.07, 6.45) is -1.77. The van der Waals surface area contributed by atoms with Crippen LogP contribution in [-0.2, 0) is 15.1 Å². The smallest absolute Gasteiger partial charge is 0.256 e. The summed E-state index contributed by atoms with van der Waals surface area (Å²) >= 11 is 0. The predicted molar refractivity (Wildman–Crippen MR) is 171 cm³/mol. The third-order valence-corrected chi connectivity index (χ3v) is 8.24. The van der Waals surface area contributed by atoms with E-state index in [4.69, 9.17) is 9.47 Å². The Labute approximate surface area is 264 Å². The van der Waals surface area contributed by atoms with Gasteiger partial charge in [0, 0.05) is 5.56 Å². The van der Waals surface area contributed by atoms with Gasteiger partial charge in [-0.15, -0.1) is 0 Å². The second-order valence-electron chi connectivity index (χ2n) is 11.0. The normalized spacial score (nSPS) is 19.7. The molecule has 6 aromatic rings. The van der Waals surface area contributed by atoms with E-state index in [0.29, 0.717) is 16.7 Å². The SMILES string of the molecule is O=C(Nc1ncnc2c1ncn2C1OC(COC(c2ccccc2)(c2ccccc2)c2ccccc2)C(O)C1O)c1ccccc1. The van der Waals surface area contributed by atoms with Gasteiger partial charge >= 0.3 is 0 Å². The lowest BCUT2D eigenvalue weighted by Crippen LogP contribution is -2.39. The van der Waals surface area contributed by atoms with Crippen molar-refractivity contribution in [3.63, 3.8) is 0 Å². The average Bonchev–Trinajstić information content (AvgIpc) is 3.67. The highest BCUT2D eigenvalue weighted by Crippen LogP contribution is 2.42. The van der Waals surface area contributed by atoms with Gasteiger partial charge in [-0.05, 0) is 28.8 Å². The second-order valence-corrected chi connectivity index (χ2v) is 11.0. The van der Waals surface area contributed by atoms with Crippen LogP contribution in [0, 0.1) is 0 Å². The lowest BCUT2D eigenvalue weighted by atomic mass is 9.80. The lowest BCUT2D eigenvalue weighted by Gasteiger charge is -2.37. The van der Waals surface area contributed by atoms with Crippen molar-refractivity contribution in [2.24, 2.45) is 0 Å². The third-order valence-electron chi connectivity index (χ3n) is 8.24. The molecule has 4 atom stereocenters. The summed E-state index contributed by atoms with van der Waals surface area (Å²) in [5, 5.41) is 25.2. The Bertz CT molecular complexity index is 1830. The Morgan fingerprint density at radius 1 is 0.761 bits per heavy atom. The zero-order valence-electron chi connectivity index (χ0n) is 24.6. The van der Waals surface area contributed by atoms with Crippen molar-refractivity contribution in [3.05, 3.63) is 156 Å². The van der Waals surface area contributed by atoms with E-state index in [0.717, 1.165) is 16.7 Å². The molecule has 3 heterocycles. The van der Waals surface area contributed by atoms with Crippen molar-refractivity contribution in [2.75, 3.05) is 11.9 Å². The molecule has 3 N–H and O–H groups in total. The standard InChI is InChI=1S/C36H31N5O5/c42-30-28(21-45-36(25-15-7-2-8-16-25,26-17-9-3-10-18-26)27-19-11-4-12-20-27)46-35(31(30)43)41-23-39-29-32(37-22-38-33(29)41)40-34(44)24-13-5-1-6-14-24/h1-20,22-23,28,30-31,35,42-43H,21H2,(H,37,38,40,44). The fourth-order valence-electron chi connectivity index (χ4n) is 5.97. The third kappa shape index (κ3) is 5.33. The number of hydrogen-bond acceptors (Lipinski definition) is 8. The number of anilines is 1. The van der Waals surface area contributed by atoms with E-state index in [1.54, 1.807) is 24.3 Å². The van der Waals surface area contributed by atoms with Crippen molar-refractivity contribution in [3.8, 4) is 0 Å². The van der Waals surface area contributed by atoms with Crippen LogP contribution in [0.1, 0.15) is 33.3 Å². The second kappa shape index (κ2) is 12.6. The molecule has 1 fully saturated rings. The largest absolute Gasteiger partial charge is 0.387 e. The molecule has 0 spiro atoms. The zero-order valence-corrected chi connectivity index (χ0v) is 24.6. The van der Waals surface area contributed by atoms with E-state index < -0.39 is 30.1 Å². The molecule has 0 saturated carbocycles. The number of rotatable bonds is 9. The highest BCUT2D eigenvalue weighted by molar-refractivity contribution is 6.06. The molecule has 230 valence electrons. The van der Waals surface area contributed by atoms with Crippen molar-refractivity contribution in [1.82, 2.24) is 19.5 Å². The number of benzene rings is 4. The summed E-state index contributed by atoms with van der Waals surface area (Å²) in [7, 11) is 0. The minimum Gasteiger partial charge on any atom is -0.387 e. The van der Waals surface area contributed by atoms with E-state index in [1.165, 1.54) is 17.2 Å². The van der Waals surface area contributed by atoms with Gasteiger partial charge in [0.15, 0.2) is 23.2 Å². The first-order valence-corrected chi connectivity index (χ1v) is 14.9. The molecule has 7 rings (SSSR count). The maximum absolute atomic E-state index is 12.8. The van der Waals surface area contributed by atoms with E-state index in [1.807, 2.05) is 97.1 Å². The molecule has 1 aliphatic heterocycles. The summed E-state index contributed by atoms with van der Waals surface area (Å²) in [6.45, 7) is -0.0482. The summed E-state index contributed by atoms with van der Waals surface area (Å²) in [5.74, 6) is -0.137. The van der Waals surface area contributed by atoms with Gasteiger partial charge in [-0.3, -0.25) is 9.36 Å². The highest BCUT2D eigenvalue weighted by atomic mass is 16.6. The van der Waals surface area contributed by atoms with Crippen molar-refractivity contribution in [2.45, 2.75) is 30.1 Å². The van der Waals surface area contributed by atoms with Gasteiger partial charge in [-0.2, -0.15) is 0 Å². The van der Waals surface area contributed by atoms with Gasteiger partial charge in [0.1, 0.15) is 30.2 Å². The quantitative estimate of drug-likeness (QED) is 0.200. The first-order chi connectivity index (χ1) is 22.6. The summed E-state index contributed by atoms with van der Waals surface area (Å²) in [5.41, 5.74) is 2.78. The minimum atomic E-state index is -1.32. The minimum absolute atomic E-state index is 0.0482. The topological polar surface area (TPSA) is 132 Å². The van der Waals surface area contributed by atoms with Gasteiger partial charge in [0.2, 0.25) is 0 Å². The number of fused-ring (bicyclic) bond motifs is 1. The molecule has 10 heteroatoms. The molecule has 4 unspecified atom stereocenters. The molecule has 0 aliphatic carbocycles. The number of nitrogens with zero attached hydrogens (tertiary/aromatic N) is 4. The van der Waals surface area contributed by atoms with Gasteiger partial charge in [-0.25, -0.2) is 15.0 Å².